The maximum absolute atomic E-state index is 8.97. The van der Waals surface area contributed by atoms with Gasteiger partial charge in [0.15, 0.2) is 0 Å². The van der Waals surface area contributed by atoms with Crippen molar-refractivity contribution in [2.24, 2.45) is 0 Å². The molecule has 1 aromatic heterocycles. The molecule has 6 nitrogen and oxygen atoms in total. The van der Waals surface area contributed by atoms with E-state index in [1.165, 1.54) is 12.8 Å². The Balaban J connectivity index is 1.85. The molecule has 1 unspecified atom stereocenters. The van der Waals surface area contributed by atoms with E-state index in [2.05, 4.69) is 20.2 Å². The number of hydrogen-bond donors (Lipinski definition) is 2. The van der Waals surface area contributed by atoms with Crippen molar-refractivity contribution in [3.05, 3.63) is 18.0 Å². The third-order valence-corrected chi connectivity index (χ3v) is 3.83. The molecule has 6 heteroatoms. The Morgan fingerprint density at radius 1 is 1.43 bits per heavy atom. The van der Waals surface area contributed by atoms with Crippen LogP contribution in [-0.2, 0) is 11.3 Å². The molecule has 0 aromatic carbocycles. The largest absolute Gasteiger partial charge is 0.396 e. The Morgan fingerprint density at radius 2 is 2.24 bits per heavy atom. The topological polar surface area (TPSA) is 70.5 Å². The highest BCUT2D eigenvalue weighted by molar-refractivity contribution is 5.33. The lowest BCUT2D eigenvalue weighted by Gasteiger charge is -2.24. The lowest BCUT2D eigenvalue weighted by Crippen LogP contribution is -2.31. The van der Waals surface area contributed by atoms with Crippen LogP contribution in [0.25, 0.3) is 0 Å². The van der Waals surface area contributed by atoms with E-state index in [1.54, 1.807) is 7.11 Å². The van der Waals surface area contributed by atoms with Gasteiger partial charge in [0.05, 0.1) is 6.61 Å². The molecule has 2 N–H and O–H groups in total. The predicted octanol–water partition coefficient (Wildman–Crippen LogP) is 0.954. The van der Waals surface area contributed by atoms with Gasteiger partial charge in [0.1, 0.15) is 0 Å². The van der Waals surface area contributed by atoms with Crippen LogP contribution in [0.4, 0.5) is 5.95 Å². The number of aliphatic hydroxyl groups is 1. The van der Waals surface area contributed by atoms with Gasteiger partial charge in [-0.3, -0.25) is 0 Å². The van der Waals surface area contributed by atoms with Gasteiger partial charge in [0, 0.05) is 57.3 Å². The van der Waals surface area contributed by atoms with Crippen LogP contribution in [0.2, 0.25) is 0 Å². The number of ether oxygens (including phenoxy) is 1. The zero-order chi connectivity index (χ0) is 14.9. The second-order valence-electron chi connectivity index (χ2n) is 5.42. The highest BCUT2D eigenvalue weighted by Crippen LogP contribution is 2.25. The molecule has 0 saturated carbocycles. The van der Waals surface area contributed by atoms with Crippen molar-refractivity contribution in [2.75, 3.05) is 38.3 Å². The Morgan fingerprint density at radius 3 is 2.95 bits per heavy atom. The first-order valence-electron chi connectivity index (χ1n) is 7.73. The first-order valence-corrected chi connectivity index (χ1v) is 7.73. The number of aromatic nitrogens is 2. The van der Waals surface area contributed by atoms with Crippen molar-refractivity contribution in [1.82, 2.24) is 15.3 Å². The first-order chi connectivity index (χ1) is 10.3. The number of methoxy groups -OCH3 is 1. The summed E-state index contributed by atoms with van der Waals surface area (Å²) in [5.74, 6) is 0.816. The summed E-state index contributed by atoms with van der Waals surface area (Å²) < 4.78 is 4.99. The highest BCUT2D eigenvalue weighted by Gasteiger charge is 2.25. The van der Waals surface area contributed by atoms with Gasteiger partial charge in [-0.15, -0.1) is 0 Å². The van der Waals surface area contributed by atoms with Crippen molar-refractivity contribution in [3.8, 4) is 0 Å². The van der Waals surface area contributed by atoms with Crippen molar-refractivity contribution < 1.29 is 9.84 Å². The molecular formula is C15H26N4O2. The van der Waals surface area contributed by atoms with E-state index >= 15 is 0 Å². The average molecular weight is 294 g/mol. The Kier molecular flexibility index (Phi) is 6.85. The van der Waals surface area contributed by atoms with Gasteiger partial charge in [-0.1, -0.05) is 0 Å². The van der Waals surface area contributed by atoms with Gasteiger partial charge in [0.25, 0.3) is 0 Å². The highest BCUT2D eigenvalue weighted by atomic mass is 16.5. The molecule has 0 amide bonds. The normalized spacial score (nSPS) is 18.4. The van der Waals surface area contributed by atoms with E-state index in [0.717, 1.165) is 44.0 Å². The van der Waals surface area contributed by atoms with Crippen LogP contribution >= 0.6 is 0 Å². The van der Waals surface area contributed by atoms with E-state index in [1.807, 2.05) is 12.4 Å². The smallest absolute Gasteiger partial charge is 0.225 e. The minimum atomic E-state index is 0.261. The third kappa shape index (κ3) is 4.91. The molecule has 2 rings (SSSR count). The number of nitrogens with zero attached hydrogens (tertiary/aromatic N) is 3. The zero-order valence-corrected chi connectivity index (χ0v) is 12.8. The van der Waals surface area contributed by atoms with Gasteiger partial charge in [-0.25, -0.2) is 9.97 Å². The van der Waals surface area contributed by atoms with Crippen molar-refractivity contribution in [2.45, 2.75) is 38.3 Å². The quantitative estimate of drug-likeness (QED) is 0.661. The molecule has 1 aromatic rings. The molecule has 118 valence electrons. The summed E-state index contributed by atoms with van der Waals surface area (Å²) in [5, 5.41) is 12.3. The second-order valence-corrected chi connectivity index (χ2v) is 5.42. The first kappa shape index (κ1) is 16.1. The molecule has 0 radical (unpaired) electrons. The monoisotopic (exact) mass is 294 g/mol. The van der Waals surface area contributed by atoms with Crippen LogP contribution in [0.15, 0.2) is 12.4 Å². The van der Waals surface area contributed by atoms with Gasteiger partial charge in [-0.2, -0.15) is 0 Å². The molecule has 21 heavy (non-hydrogen) atoms. The van der Waals surface area contributed by atoms with E-state index in [4.69, 9.17) is 9.84 Å². The molecule has 0 bridgehead atoms. The Hall–Kier alpha value is -1.24. The molecule has 1 aliphatic heterocycles. The van der Waals surface area contributed by atoms with Crippen molar-refractivity contribution >= 4 is 5.95 Å². The second kappa shape index (κ2) is 8.92. The summed E-state index contributed by atoms with van der Waals surface area (Å²) in [6.45, 7) is 3.57. The van der Waals surface area contributed by atoms with Crippen LogP contribution in [0.5, 0.6) is 0 Å². The maximum Gasteiger partial charge on any atom is 0.225 e. The predicted molar refractivity (Wildman–Crippen MR) is 82.3 cm³/mol. The van der Waals surface area contributed by atoms with E-state index in [9.17, 15) is 0 Å². The van der Waals surface area contributed by atoms with Gasteiger partial charge >= 0.3 is 0 Å². The molecule has 0 spiro atoms. The van der Waals surface area contributed by atoms with Gasteiger partial charge < -0.3 is 20.1 Å². The molecule has 1 aliphatic rings. The minimum Gasteiger partial charge on any atom is -0.396 e. The van der Waals surface area contributed by atoms with E-state index in [0.29, 0.717) is 12.6 Å². The molecule has 2 heterocycles. The third-order valence-electron chi connectivity index (χ3n) is 3.83. The lowest BCUT2D eigenvalue weighted by atomic mass is 10.1. The maximum atomic E-state index is 8.97. The molecule has 1 fully saturated rings. The molecule has 1 atom stereocenters. The van der Waals surface area contributed by atoms with E-state index in [-0.39, 0.29) is 6.61 Å². The molecule has 0 aliphatic carbocycles. The van der Waals surface area contributed by atoms with Crippen molar-refractivity contribution in [3.63, 3.8) is 0 Å². The standard InChI is InChI=1S/C15H26N4O2/c1-21-9-6-16-10-13-11-17-15(18-12-13)19-7-2-4-14(19)5-3-8-20/h11-12,14,16,20H,2-10H2,1H3. The number of aliphatic hydroxyl groups excluding tert-OH is 1. The fourth-order valence-corrected chi connectivity index (χ4v) is 2.72. The summed E-state index contributed by atoms with van der Waals surface area (Å²) in [7, 11) is 1.70. The summed E-state index contributed by atoms with van der Waals surface area (Å²) in [5.41, 5.74) is 1.08. The zero-order valence-electron chi connectivity index (χ0n) is 12.8. The van der Waals surface area contributed by atoms with Crippen LogP contribution in [-0.4, -0.2) is 54.5 Å². The van der Waals surface area contributed by atoms with Crippen molar-refractivity contribution in [1.29, 1.82) is 0 Å². The van der Waals surface area contributed by atoms with Gasteiger partial charge in [-0.05, 0) is 25.7 Å². The number of rotatable bonds is 9. The summed E-state index contributed by atoms with van der Waals surface area (Å²) in [6.07, 6.45) is 8.00. The van der Waals surface area contributed by atoms with E-state index < -0.39 is 0 Å². The Labute approximate surface area is 126 Å². The van der Waals surface area contributed by atoms with Crippen LogP contribution in [0, 0.1) is 0 Å². The van der Waals surface area contributed by atoms with Crippen LogP contribution < -0.4 is 10.2 Å². The fraction of sp³-hybridized carbons (Fsp3) is 0.733. The summed E-state index contributed by atoms with van der Waals surface area (Å²) in [4.78, 5) is 11.3. The number of nitrogens with one attached hydrogen (secondary N) is 1. The molecular weight excluding hydrogens is 268 g/mol. The Bertz CT molecular complexity index is 399. The number of anilines is 1. The minimum absolute atomic E-state index is 0.261. The van der Waals surface area contributed by atoms with Crippen LogP contribution in [0.1, 0.15) is 31.2 Å². The lowest BCUT2D eigenvalue weighted by molar-refractivity contribution is 0.199. The van der Waals surface area contributed by atoms with Crippen LogP contribution in [0.3, 0.4) is 0 Å². The fourth-order valence-electron chi connectivity index (χ4n) is 2.72. The number of hydrogen-bond acceptors (Lipinski definition) is 6. The van der Waals surface area contributed by atoms with Gasteiger partial charge in [0.2, 0.25) is 5.95 Å². The summed E-state index contributed by atoms with van der Waals surface area (Å²) in [6, 6.07) is 0.475. The average Bonchev–Trinajstić information content (AvgIpc) is 2.98. The summed E-state index contributed by atoms with van der Waals surface area (Å²) >= 11 is 0. The SMILES string of the molecule is COCCNCc1cnc(N2CCCC2CCCO)nc1. The molecule has 1 saturated heterocycles.